The fourth-order valence-electron chi connectivity index (χ4n) is 6.72. The second-order valence-corrected chi connectivity index (χ2v) is 10.6. The maximum absolute atomic E-state index is 14.3. The van der Waals surface area contributed by atoms with Crippen LogP contribution in [0.1, 0.15) is 54.4 Å². The van der Waals surface area contributed by atoms with Gasteiger partial charge in [-0.25, -0.2) is 0 Å². The number of pyridine rings is 2. The summed E-state index contributed by atoms with van der Waals surface area (Å²) in [6, 6.07) is 20.0. The van der Waals surface area contributed by atoms with Crippen LogP contribution in [-0.2, 0) is 10.2 Å². The van der Waals surface area contributed by atoms with Gasteiger partial charge in [-0.2, -0.15) is 0 Å². The number of benzene rings is 2. The van der Waals surface area contributed by atoms with Gasteiger partial charge in [0.05, 0.1) is 0 Å². The molecular weight excluding hydrogens is 490 g/mol. The maximum Gasteiger partial charge on any atom is 0.239 e. The average Bonchev–Trinajstić information content (AvgIpc) is 3.27. The Hall–Kier alpha value is -4.39. The minimum atomic E-state index is -0.984. The normalized spacial score (nSPS) is 24.2. The van der Waals surface area contributed by atoms with Crippen molar-refractivity contribution >= 4 is 11.6 Å². The standard InChI is InChI=1S/C32H29N3O4/c1-20(22-7-11-33-12-8-22)32(21(2)23-9-13-34-14-10-23)19-31(24-5-3-4-6-26(24)35-30(31)36)25-17-28-29(18-27(25)39-32)38-16-15-37-28/h3-14,17-18,20-21H,15-16,19H2,1-2H3,(H,35,36). The van der Waals surface area contributed by atoms with Crippen LogP contribution in [0, 0.1) is 0 Å². The van der Waals surface area contributed by atoms with Crippen molar-refractivity contribution in [1.29, 1.82) is 0 Å². The van der Waals surface area contributed by atoms with Crippen LogP contribution in [0.5, 0.6) is 17.2 Å². The van der Waals surface area contributed by atoms with E-state index in [4.69, 9.17) is 14.2 Å². The fourth-order valence-corrected chi connectivity index (χ4v) is 6.72. The summed E-state index contributed by atoms with van der Waals surface area (Å²) < 4.78 is 19.2. The summed E-state index contributed by atoms with van der Waals surface area (Å²) >= 11 is 0. The summed E-state index contributed by atoms with van der Waals surface area (Å²) in [5.41, 5.74) is 2.96. The monoisotopic (exact) mass is 519 g/mol. The number of rotatable bonds is 4. The Kier molecular flexibility index (Phi) is 5.37. The molecule has 2 aromatic heterocycles. The third kappa shape index (κ3) is 3.45. The summed E-state index contributed by atoms with van der Waals surface area (Å²) in [5.74, 6) is 1.66. The van der Waals surface area contributed by atoms with Crippen molar-refractivity contribution in [3.8, 4) is 17.2 Å². The molecule has 39 heavy (non-hydrogen) atoms. The predicted octanol–water partition coefficient (Wildman–Crippen LogP) is 5.61. The SMILES string of the molecule is CC(c1ccncc1)C1(C(C)c2ccncc2)CC2(C(=O)Nc3ccccc32)c2cc3c(cc2O1)OCCO3. The van der Waals surface area contributed by atoms with E-state index in [0.29, 0.717) is 36.9 Å². The summed E-state index contributed by atoms with van der Waals surface area (Å²) in [6.45, 7) is 5.29. The number of nitrogens with zero attached hydrogens (tertiary/aromatic N) is 2. The first kappa shape index (κ1) is 23.7. The number of anilines is 1. The lowest BCUT2D eigenvalue weighted by Crippen LogP contribution is -2.56. The first-order valence-electron chi connectivity index (χ1n) is 13.4. The van der Waals surface area contributed by atoms with E-state index in [1.807, 2.05) is 79.4 Å². The van der Waals surface area contributed by atoms with Gasteiger partial charge >= 0.3 is 0 Å². The molecule has 3 aliphatic rings. The predicted molar refractivity (Wildman–Crippen MR) is 147 cm³/mol. The molecule has 0 radical (unpaired) electrons. The zero-order chi connectivity index (χ0) is 26.6. The lowest BCUT2D eigenvalue weighted by molar-refractivity contribution is -0.123. The Morgan fingerprint density at radius 3 is 2.00 bits per heavy atom. The number of amides is 1. The topological polar surface area (TPSA) is 82.6 Å². The molecule has 0 saturated carbocycles. The number of nitrogens with one attached hydrogen (secondary N) is 1. The summed E-state index contributed by atoms with van der Waals surface area (Å²) in [4.78, 5) is 22.8. The molecule has 0 bridgehead atoms. The van der Waals surface area contributed by atoms with Gasteiger partial charge in [-0.15, -0.1) is 0 Å². The van der Waals surface area contributed by atoms with E-state index in [9.17, 15) is 4.79 Å². The van der Waals surface area contributed by atoms with Gasteiger partial charge in [0.2, 0.25) is 5.91 Å². The molecule has 0 fully saturated rings. The second kappa shape index (κ2) is 8.83. The lowest BCUT2D eigenvalue weighted by Gasteiger charge is -2.52. The van der Waals surface area contributed by atoms with Crippen LogP contribution < -0.4 is 19.5 Å². The fraction of sp³-hybridized carbons (Fsp3) is 0.281. The van der Waals surface area contributed by atoms with E-state index in [-0.39, 0.29) is 17.7 Å². The van der Waals surface area contributed by atoms with Crippen molar-refractivity contribution in [3.05, 3.63) is 108 Å². The molecule has 0 saturated heterocycles. The van der Waals surface area contributed by atoms with E-state index in [0.717, 1.165) is 27.9 Å². The minimum Gasteiger partial charge on any atom is -0.486 e. The van der Waals surface area contributed by atoms with Crippen LogP contribution in [0.3, 0.4) is 0 Å². The van der Waals surface area contributed by atoms with Gasteiger partial charge in [0.1, 0.15) is 30.0 Å². The molecule has 7 nitrogen and oxygen atoms in total. The molecule has 3 atom stereocenters. The minimum absolute atomic E-state index is 0.0573. The Morgan fingerprint density at radius 1 is 0.769 bits per heavy atom. The highest BCUT2D eigenvalue weighted by molar-refractivity contribution is 6.09. The van der Waals surface area contributed by atoms with Gasteiger partial charge < -0.3 is 19.5 Å². The van der Waals surface area contributed by atoms with Gasteiger partial charge in [0.15, 0.2) is 11.5 Å². The number of aromatic nitrogens is 2. The smallest absolute Gasteiger partial charge is 0.239 e. The first-order valence-corrected chi connectivity index (χ1v) is 13.4. The Bertz CT molecular complexity index is 1510. The number of fused-ring (bicyclic) bond motifs is 5. The van der Waals surface area contributed by atoms with Crippen molar-refractivity contribution in [3.63, 3.8) is 0 Å². The molecule has 196 valence electrons. The number of carbonyl (C=O) groups excluding carboxylic acids is 1. The molecule has 1 spiro atoms. The van der Waals surface area contributed by atoms with E-state index in [1.165, 1.54) is 0 Å². The lowest BCUT2D eigenvalue weighted by atomic mass is 9.59. The zero-order valence-corrected chi connectivity index (χ0v) is 21.9. The molecule has 2 aromatic carbocycles. The number of ether oxygens (including phenoxy) is 3. The van der Waals surface area contributed by atoms with Crippen molar-refractivity contribution in [2.45, 2.75) is 43.1 Å². The van der Waals surface area contributed by atoms with Crippen LogP contribution in [0.2, 0.25) is 0 Å². The van der Waals surface area contributed by atoms with Gasteiger partial charge in [-0.3, -0.25) is 14.8 Å². The number of carbonyl (C=O) groups is 1. The van der Waals surface area contributed by atoms with Crippen molar-refractivity contribution in [2.24, 2.45) is 0 Å². The molecule has 7 rings (SSSR count). The molecule has 1 amide bonds. The first-order chi connectivity index (χ1) is 19.0. The van der Waals surface area contributed by atoms with Crippen molar-refractivity contribution < 1.29 is 19.0 Å². The Morgan fingerprint density at radius 2 is 1.36 bits per heavy atom. The van der Waals surface area contributed by atoms with E-state index in [2.05, 4.69) is 35.2 Å². The third-order valence-electron chi connectivity index (χ3n) is 8.85. The average molecular weight is 520 g/mol. The van der Waals surface area contributed by atoms with Crippen LogP contribution in [0.4, 0.5) is 5.69 Å². The molecule has 7 heteroatoms. The zero-order valence-electron chi connectivity index (χ0n) is 21.9. The van der Waals surface area contributed by atoms with Crippen LogP contribution >= 0.6 is 0 Å². The second-order valence-electron chi connectivity index (χ2n) is 10.6. The van der Waals surface area contributed by atoms with E-state index < -0.39 is 11.0 Å². The highest BCUT2D eigenvalue weighted by atomic mass is 16.6. The highest BCUT2D eigenvalue weighted by Crippen LogP contribution is 2.61. The molecule has 3 unspecified atom stereocenters. The molecule has 0 aliphatic carbocycles. The van der Waals surface area contributed by atoms with Gasteiger partial charge in [-0.1, -0.05) is 32.0 Å². The highest BCUT2D eigenvalue weighted by Gasteiger charge is 2.61. The number of hydrogen-bond donors (Lipinski definition) is 1. The quantitative estimate of drug-likeness (QED) is 0.377. The van der Waals surface area contributed by atoms with Crippen LogP contribution in [0.25, 0.3) is 0 Å². The van der Waals surface area contributed by atoms with Crippen molar-refractivity contribution in [2.75, 3.05) is 18.5 Å². The molecule has 1 N–H and O–H groups in total. The van der Waals surface area contributed by atoms with Gasteiger partial charge in [0, 0.05) is 60.4 Å². The number of hydrogen-bond acceptors (Lipinski definition) is 6. The van der Waals surface area contributed by atoms with Crippen LogP contribution in [0.15, 0.2) is 85.5 Å². The number of para-hydroxylation sites is 1. The van der Waals surface area contributed by atoms with E-state index in [1.54, 1.807) is 0 Å². The largest absolute Gasteiger partial charge is 0.486 e. The summed E-state index contributed by atoms with van der Waals surface area (Å²) in [5, 5.41) is 3.19. The Balaban J connectivity index is 1.52. The maximum atomic E-state index is 14.3. The summed E-state index contributed by atoms with van der Waals surface area (Å²) in [7, 11) is 0. The molecule has 3 aliphatic heterocycles. The third-order valence-corrected chi connectivity index (χ3v) is 8.85. The van der Waals surface area contributed by atoms with Crippen LogP contribution in [-0.4, -0.2) is 34.7 Å². The molecule has 5 heterocycles. The van der Waals surface area contributed by atoms with Crippen molar-refractivity contribution in [1.82, 2.24) is 9.97 Å². The van der Waals surface area contributed by atoms with E-state index >= 15 is 0 Å². The molecular formula is C32H29N3O4. The van der Waals surface area contributed by atoms with Gasteiger partial charge in [-0.05, 0) is 53.1 Å². The Labute approximate surface area is 227 Å². The molecule has 4 aromatic rings. The van der Waals surface area contributed by atoms with Gasteiger partial charge in [0.25, 0.3) is 0 Å². The summed E-state index contributed by atoms with van der Waals surface area (Å²) in [6.07, 6.45) is 7.66.